The Morgan fingerprint density at radius 3 is 2.30 bits per heavy atom. The maximum atomic E-state index is 13.7. The van der Waals surface area contributed by atoms with Crippen LogP contribution in [0.3, 0.4) is 0 Å². The highest BCUT2D eigenvalue weighted by Gasteiger charge is 2.34. The fraction of sp³-hybridized carbons (Fsp3) is 0.211. The van der Waals surface area contributed by atoms with Crippen molar-refractivity contribution in [3.63, 3.8) is 0 Å². The van der Waals surface area contributed by atoms with E-state index in [9.17, 15) is 17.6 Å². The van der Waals surface area contributed by atoms with E-state index in [4.69, 9.17) is 11.6 Å². The predicted molar refractivity (Wildman–Crippen MR) is 94.8 cm³/mol. The molecule has 0 spiro atoms. The van der Waals surface area contributed by atoms with Gasteiger partial charge in [-0.15, -0.1) is 0 Å². The molecule has 0 bridgehead atoms. The molecule has 0 amide bonds. The summed E-state index contributed by atoms with van der Waals surface area (Å²) in [6.07, 6.45) is -4.52. The summed E-state index contributed by atoms with van der Waals surface area (Å²) in [6.45, 7) is 1.70. The van der Waals surface area contributed by atoms with Crippen molar-refractivity contribution in [1.82, 2.24) is 15.5 Å². The minimum Gasteiger partial charge on any atom is -0.298 e. The molecule has 3 aromatic rings. The van der Waals surface area contributed by atoms with Crippen molar-refractivity contribution in [2.75, 3.05) is 0 Å². The van der Waals surface area contributed by atoms with Crippen molar-refractivity contribution in [2.24, 2.45) is 0 Å². The Hall–Kier alpha value is -2.38. The molecular weight excluding hydrogens is 382 g/mol. The van der Waals surface area contributed by atoms with E-state index in [-0.39, 0.29) is 5.69 Å². The van der Waals surface area contributed by atoms with Gasteiger partial charge in [-0.2, -0.15) is 18.3 Å². The highest BCUT2D eigenvalue weighted by molar-refractivity contribution is 6.30. The number of halogens is 5. The van der Waals surface area contributed by atoms with Gasteiger partial charge >= 0.3 is 6.18 Å². The maximum absolute atomic E-state index is 13.7. The molecule has 1 aromatic heterocycles. The molecule has 2 aromatic carbocycles. The van der Waals surface area contributed by atoms with Gasteiger partial charge in [-0.25, -0.2) is 4.39 Å². The Morgan fingerprint density at radius 1 is 1.04 bits per heavy atom. The number of rotatable bonds is 5. The number of aromatic nitrogens is 2. The molecule has 0 saturated heterocycles. The van der Waals surface area contributed by atoms with Crippen molar-refractivity contribution < 1.29 is 17.6 Å². The Balaban J connectivity index is 1.92. The van der Waals surface area contributed by atoms with E-state index in [1.165, 1.54) is 12.1 Å². The first kappa shape index (κ1) is 19.4. The standard InChI is InChI=1S/C19H16ClF4N3/c1-11(16-10-17(27-26-16)19(22,23)24)25-18(12-4-2-6-14(20)8-12)13-5-3-7-15(21)9-13/h2-11,18,25H,1H3,(H,26,27). The Bertz CT molecular complexity index is 878. The average Bonchev–Trinajstić information content (AvgIpc) is 3.10. The molecule has 2 atom stereocenters. The minimum atomic E-state index is -4.52. The molecule has 0 fully saturated rings. The normalized spacial score (nSPS) is 14.1. The van der Waals surface area contributed by atoms with Crippen molar-refractivity contribution in [2.45, 2.75) is 25.2 Å². The van der Waals surface area contributed by atoms with Gasteiger partial charge in [-0.1, -0.05) is 35.9 Å². The van der Waals surface area contributed by atoms with E-state index in [0.29, 0.717) is 10.6 Å². The molecule has 0 saturated carbocycles. The molecule has 2 unspecified atom stereocenters. The van der Waals surface area contributed by atoms with Gasteiger partial charge in [0, 0.05) is 11.1 Å². The van der Waals surface area contributed by atoms with Gasteiger partial charge in [0.2, 0.25) is 0 Å². The van der Waals surface area contributed by atoms with E-state index >= 15 is 0 Å². The summed E-state index contributed by atoms with van der Waals surface area (Å²) < 4.78 is 52.1. The summed E-state index contributed by atoms with van der Waals surface area (Å²) in [5.41, 5.74) is 0.664. The van der Waals surface area contributed by atoms with Crippen LogP contribution in [0.25, 0.3) is 0 Å². The van der Waals surface area contributed by atoms with Gasteiger partial charge in [-0.3, -0.25) is 10.4 Å². The van der Waals surface area contributed by atoms with Gasteiger partial charge < -0.3 is 0 Å². The zero-order valence-electron chi connectivity index (χ0n) is 14.2. The lowest BCUT2D eigenvalue weighted by atomic mass is 9.97. The maximum Gasteiger partial charge on any atom is 0.435 e. The first-order chi connectivity index (χ1) is 12.7. The van der Waals surface area contributed by atoms with Crippen LogP contribution in [0.15, 0.2) is 54.6 Å². The van der Waals surface area contributed by atoms with Crippen LogP contribution in [0.1, 0.15) is 41.5 Å². The van der Waals surface area contributed by atoms with Crippen LogP contribution < -0.4 is 5.32 Å². The van der Waals surface area contributed by atoms with Gasteiger partial charge in [0.15, 0.2) is 5.69 Å². The second-order valence-electron chi connectivity index (χ2n) is 6.14. The van der Waals surface area contributed by atoms with Gasteiger partial charge in [-0.05, 0) is 48.4 Å². The van der Waals surface area contributed by atoms with Crippen LogP contribution in [-0.2, 0) is 6.18 Å². The fourth-order valence-electron chi connectivity index (χ4n) is 2.80. The fourth-order valence-corrected chi connectivity index (χ4v) is 3.00. The lowest BCUT2D eigenvalue weighted by molar-refractivity contribution is -0.141. The second kappa shape index (κ2) is 7.70. The van der Waals surface area contributed by atoms with Crippen LogP contribution in [0.4, 0.5) is 17.6 Å². The van der Waals surface area contributed by atoms with Crippen molar-refractivity contribution in [3.05, 3.63) is 88.0 Å². The largest absolute Gasteiger partial charge is 0.435 e. The third kappa shape index (κ3) is 4.67. The molecule has 0 aliphatic rings. The number of alkyl halides is 3. The lowest BCUT2D eigenvalue weighted by Crippen LogP contribution is -2.26. The molecule has 3 nitrogen and oxygen atoms in total. The van der Waals surface area contributed by atoms with E-state index in [1.54, 1.807) is 37.3 Å². The van der Waals surface area contributed by atoms with Crippen LogP contribution >= 0.6 is 11.6 Å². The highest BCUT2D eigenvalue weighted by atomic mass is 35.5. The molecule has 0 aliphatic carbocycles. The van der Waals surface area contributed by atoms with Gasteiger partial charge in [0.1, 0.15) is 5.82 Å². The molecule has 3 rings (SSSR count). The van der Waals surface area contributed by atoms with Gasteiger partial charge in [0.05, 0.1) is 11.7 Å². The number of aromatic amines is 1. The number of nitrogens with zero attached hydrogens (tertiary/aromatic N) is 1. The summed E-state index contributed by atoms with van der Waals surface area (Å²) in [7, 11) is 0. The van der Waals surface area contributed by atoms with Crippen molar-refractivity contribution in [1.29, 1.82) is 0 Å². The summed E-state index contributed by atoms with van der Waals surface area (Å²) in [5, 5.41) is 9.45. The summed E-state index contributed by atoms with van der Waals surface area (Å²) in [6, 6.07) is 13.0. The van der Waals surface area contributed by atoms with Crippen LogP contribution in [0, 0.1) is 5.82 Å². The van der Waals surface area contributed by atoms with E-state index in [2.05, 4.69) is 15.5 Å². The molecule has 2 N–H and O–H groups in total. The number of benzene rings is 2. The molecule has 142 valence electrons. The minimum absolute atomic E-state index is 0.269. The summed E-state index contributed by atoms with van der Waals surface area (Å²) in [4.78, 5) is 0. The van der Waals surface area contributed by atoms with Crippen molar-refractivity contribution in [3.8, 4) is 0 Å². The summed E-state index contributed by atoms with van der Waals surface area (Å²) in [5.74, 6) is -0.408. The van der Waals surface area contributed by atoms with Crippen LogP contribution in [0.2, 0.25) is 5.02 Å². The summed E-state index contributed by atoms with van der Waals surface area (Å²) >= 11 is 6.07. The Labute approximate surface area is 158 Å². The third-order valence-corrected chi connectivity index (χ3v) is 4.37. The zero-order valence-corrected chi connectivity index (χ0v) is 14.9. The molecular formula is C19H16ClF4N3. The van der Waals surface area contributed by atoms with Crippen LogP contribution in [-0.4, -0.2) is 10.2 Å². The van der Waals surface area contributed by atoms with Crippen LogP contribution in [0.5, 0.6) is 0 Å². The smallest absolute Gasteiger partial charge is 0.298 e. The topological polar surface area (TPSA) is 40.7 Å². The highest BCUT2D eigenvalue weighted by Crippen LogP contribution is 2.31. The Morgan fingerprint density at radius 2 is 1.70 bits per heavy atom. The van der Waals surface area contributed by atoms with E-state index < -0.39 is 29.8 Å². The molecule has 8 heteroatoms. The monoisotopic (exact) mass is 397 g/mol. The lowest BCUT2D eigenvalue weighted by Gasteiger charge is -2.24. The SMILES string of the molecule is CC(NC(c1cccc(F)c1)c1cccc(Cl)c1)c1cc(C(F)(F)F)n[nH]1. The first-order valence-electron chi connectivity index (χ1n) is 8.13. The van der Waals surface area contributed by atoms with E-state index in [1.807, 2.05) is 6.07 Å². The molecule has 1 heterocycles. The predicted octanol–water partition coefficient (Wildman–Crippen LogP) is 5.66. The number of hydrogen-bond donors (Lipinski definition) is 2. The Kier molecular flexibility index (Phi) is 5.53. The van der Waals surface area contributed by atoms with Crippen molar-refractivity contribution >= 4 is 11.6 Å². The zero-order chi connectivity index (χ0) is 19.6. The molecule has 0 aliphatic heterocycles. The molecule has 0 radical (unpaired) electrons. The van der Waals surface area contributed by atoms with E-state index in [0.717, 1.165) is 11.6 Å². The second-order valence-corrected chi connectivity index (χ2v) is 6.57. The number of hydrogen-bond acceptors (Lipinski definition) is 2. The number of H-pyrrole nitrogens is 1. The molecule has 27 heavy (non-hydrogen) atoms. The third-order valence-electron chi connectivity index (χ3n) is 4.14. The first-order valence-corrected chi connectivity index (χ1v) is 8.51. The van der Waals surface area contributed by atoms with Gasteiger partial charge in [0.25, 0.3) is 0 Å². The number of nitrogens with one attached hydrogen (secondary N) is 2. The average molecular weight is 398 g/mol. The quantitative estimate of drug-likeness (QED) is 0.545.